The molecule has 1 amide bonds. The normalized spacial score (nSPS) is 15.3. The summed E-state index contributed by atoms with van der Waals surface area (Å²) in [6, 6.07) is 11.7. The summed E-state index contributed by atoms with van der Waals surface area (Å²) in [6.07, 6.45) is 3.59. The lowest BCUT2D eigenvalue weighted by Crippen LogP contribution is -2.38. The van der Waals surface area contributed by atoms with E-state index in [4.69, 9.17) is 0 Å². The Labute approximate surface area is 152 Å². The zero-order valence-corrected chi connectivity index (χ0v) is 14.8. The maximum Gasteiger partial charge on any atom is 0.271 e. The number of carbonyl (C=O) groups excluding carboxylic acids is 1. The zero-order chi connectivity index (χ0) is 17.9. The molecule has 7 heteroatoms. The van der Waals surface area contributed by atoms with Gasteiger partial charge in [-0.15, -0.1) is 10.2 Å². The summed E-state index contributed by atoms with van der Waals surface area (Å²) < 4.78 is 2.09. The van der Waals surface area contributed by atoms with E-state index in [2.05, 4.69) is 31.9 Å². The number of amides is 1. The predicted octanol–water partition coefficient (Wildman–Crippen LogP) is 2.71. The molecular formula is C19H22N6O. The molecule has 7 nitrogen and oxygen atoms in total. The first-order valence-electron chi connectivity index (χ1n) is 9.04. The van der Waals surface area contributed by atoms with Crippen LogP contribution >= 0.6 is 0 Å². The highest BCUT2D eigenvalue weighted by molar-refractivity contribution is 5.93. The lowest BCUT2D eigenvalue weighted by molar-refractivity contribution is 0.0704. The fourth-order valence-electron chi connectivity index (χ4n) is 3.52. The Morgan fingerprint density at radius 2 is 2.00 bits per heavy atom. The number of piperidine rings is 1. The Kier molecular flexibility index (Phi) is 4.51. The molecule has 1 aliphatic rings. The first-order chi connectivity index (χ1) is 12.8. The molecule has 0 saturated carbocycles. The van der Waals surface area contributed by atoms with E-state index in [0.29, 0.717) is 11.6 Å². The van der Waals surface area contributed by atoms with Crippen LogP contribution in [-0.4, -0.2) is 48.9 Å². The maximum absolute atomic E-state index is 12.8. The van der Waals surface area contributed by atoms with Crippen LogP contribution in [0.15, 0.2) is 42.7 Å². The van der Waals surface area contributed by atoms with Gasteiger partial charge in [0.05, 0.1) is 5.69 Å². The first kappa shape index (κ1) is 16.5. The summed E-state index contributed by atoms with van der Waals surface area (Å²) in [5.74, 6) is 1.41. The molecule has 1 saturated heterocycles. The van der Waals surface area contributed by atoms with Gasteiger partial charge in [0.2, 0.25) is 0 Å². The third-order valence-corrected chi connectivity index (χ3v) is 5.01. The van der Waals surface area contributed by atoms with Gasteiger partial charge in [0.1, 0.15) is 17.8 Å². The van der Waals surface area contributed by atoms with Gasteiger partial charge in [0.25, 0.3) is 5.91 Å². The zero-order valence-electron chi connectivity index (χ0n) is 14.8. The van der Waals surface area contributed by atoms with Crippen molar-refractivity contribution in [1.29, 1.82) is 0 Å². The lowest BCUT2D eigenvalue weighted by atomic mass is 9.95. The number of hydrogen-bond donors (Lipinski definition) is 1. The SMILES string of the molecule is CCn1cnnc1C1CCN(C(=O)c2cc(-c3ccccc3)n[nH]2)CC1. The summed E-state index contributed by atoms with van der Waals surface area (Å²) in [7, 11) is 0. The number of H-pyrrole nitrogens is 1. The molecule has 134 valence electrons. The van der Waals surface area contributed by atoms with Gasteiger partial charge in [-0.25, -0.2) is 0 Å². The van der Waals surface area contributed by atoms with Crippen LogP contribution in [0.5, 0.6) is 0 Å². The Balaban J connectivity index is 1.42. The highest BCUT2D eigenvalue weighted by Gasteiger charge is 2.28. The van der Waals surface area contributed by atoms with Crippen molar-refractivity contribution in [2.45, 2.75) is 32.2 Å². The third kappa shape index (κ3) is 3.12. The van der Waals surface area contributed by atoms with Crippen LogP contribution in [0.2, 0.25) is 0 Å². The topological polar surface area (TPSA) is 79.7 Å². The second-order valence-corrected chi connectivity index (χ2v) is 6.57. The summed E-state index contributed by atoms with van der Waals surface area (Å²) in [5.41, 5.74) is 2.33. The van der Waals surface area contributed by atoms with Crippen molar-refractivity contribution in [3.8, 4) is 11.3 Å². The summed E-state index contributed by atoms with van der Waals surface area (Å²) >= 11 is 0. The van der Waals surface area contributed by atoms with E-state index in [9.17, 15) is 4.79 Å². The van der Waals surface area contributed by atoms with Crippen LogP contribution in [0.3, 0.4) is 0 Å². The van der Waals surface area contributed by atoms with Crippen molar-refractivity contribution in [2.75, 3.05) is 13.1 Å². The molecule has 3 heterocycles. The van der Waals surface area contributed by atoms with E-state index >= 15 is 0 Å². The fourth-order valence-corrected chi connectivity index (χ4v) is 3.52. The number of aromatic nitrogens is 5. The van der Waals surface area contributed by atoms with Gasteiger partial charge in [-0.3, -0.25) is 9.89 Å². The van der Waals surface area contributed by atoms with E-state index in [1.807, 2.05) is 41.3 Å². The smallest absolute Gasteiger partial charge is 0.271 e. The van der Waals surface area contributed by atoms with Gasteiger partial charge in [-0.1, -0.05) is 30.3 Å². The van der Waals surface area contributed by atoms with Crippen LogP contribution in [0.25, 0.3) is 11.3 Å². The first-order valence-corrected chi connectivity index (χ1v) is 9.04. The Bertz CT molecular complexity index is 876. The standard InChI is InChI=1S/C19H22N6O/c1-2-24-13-20-23-18(24)15-8-10-25(11-9-15)19(26)17-12-16(21-22-17)14-6-4-3-5-7-14/h3-7,12-13,15H,2,8-11H2,1H3,(H,21,22). The van der Waals surface area contributed by atoms with E-state index in [1.165, 1.54) is 0 Å². The van der Waals surface area contributed by atoms with Crippen LogP contribution in [-0.2, 0) is 6.54 Å². The molecule has 4 rings (SSSR count). The number of nitrogens with one attached hydrogen (secondary N) is 1. The quantitative estimate of drug-likeness (QED) is 0.784. The number of carbonyl (C=O) groups is 1. The van der Waals surface area contributed by atoms with E-state index in [-0.39, 0.29) is 5.91 Å². The molecular weight excluding hydrogens is 328 g/mol. The lowest BCUT2D eigenvalue weighted by Gasteiger charge is -2.31. The number of rotatable bonds is 4. The number of benzene rings is 1. The molecule has 0 radical (unpaired) electrons. The molecule has 1 fully saturated rings. The van der Waals surface area contributed by atoms with Gasteiger partial charge < -0.3 is 9.47 Å². The second kappa shape index (κ2) is 7.11. The van der Waals surface area contributed by atoms with Gasteiger partial charge in [-0.2, -0.15) is 5.10 Å². The minimum atomic E-state index is 0.00934. The largest absolute Gasteiger partial charge is 0.337 e. The highest BCUT2D eigenvalue weighted by atomic mass is 16.2. The molecule has 0 atom stereocenters. The van der Waals surface area contributed by atoms with Gasteiger partial charge in [0, 0.05) is 31.1 Å². The molecule has 0 unspecified atom stereocenters. The van der Waals surface area contributed by atoms with Crippen molar-refractivity contribution >= 4 is 5.91 Å². The number of hydrogen-bond acceptors (Lipinski definition) is 4. The van der Waals surface area contributed by atoms with Crippen LogP contribution < -0.4 is 0 Å². The summed E-state index contributed by atoms with van der Waals surface area (Å²) in [6.45, 7) is 4.41. The Hall–Kier alpha value is -2.96. The summed E-state index contributed by atoms with van der Waals surface area (Å²) in [4.78, 5) is 14.7. The van der Waals surface area contributed by atoms with E-state index in [0.717, 1.165) is 49.6 Å². The van der Waals surface area contributed by atoms with Crippen molar-refractivity contribution in [2.24, 2.45) is 0 Å². The Morgan fingerprint density at radius 3 is 2.73 bits per heavy atom. The molecule has 0 aliphatic carbocycles. The fraction of sp³-hybridized carbons (Fsp3) is 0.368. The van der Waals surface area contributed by atoms with Crippen LogP contribution in [0.1, 0.15) is 42.0 Å². The van der Waals surface area contributed by atoms with Crippen LogP contribution in [0.4, 0.5) is 0 Å². The van der Waals surface area contributed by atoms with Gasteiger partial charge in [-0.05, 0) is 25.8 Å². The minimum absolute atomic E-state index is 0.00934. The minimum Gasteiger partial charge on any atom is -0.337 e. The number of likely N-dealkylation sites (tertiary alicyclic amines) is 1. The molecule has 1 N–H and O–H groups in total. The molecule has 0 spiro atoms. The number of nitrogens with zero attached hydrogens (tertiary/aromatic N) is 5. The average Bonchev–Trinajstić information content (AvgIpc) is 3.38. The molecule has 26 heavy (non-hydrogen) atoms. The molecule has 2 aromatic heterocycles. The van der Waals surface area contributed by atoms with Crippen molar-refractivity contribution in [3.05, 3.63) is 54.2 Å². The Morgan fingerprint density at radius 1 is 1.23 bits per heavy atom. The van der Waals surface area contributed by atoms with E-state index < -0.39 is 0 Å². The highest BCUT2D eigenvalue weighted by Crippen LogP contribution is 2.27. The molecule has 0 bridgehead atoms. The molecule has 3 aromatic rings. The van der Waals surface area contributed by atoms with Gasteiger partial charge in [0.15, 0.2) is 0 Å². The molecule has 1 aromatic carbocycles. The number of aromatic amines is 1. The van der Waals surface area contributed by atoms with Crippen molar-refractivity contribution in [1.82, 2.24) is 29.9 Å². The van der Waals surface area contributed by atoms with Crippen molar-refractivity contribution in [3.63, 3.8) is 0 Å². The predicted molar refractivity (Wildman–Crippen MR) is 97.6 cm³/mol. The second-order valence-electron chi connectivity index (χ2n) is 6.57. The maximum atomic E-state index is 12.8. The average molecular weight is 350 g/mol. The summed E-state index contributed by atoms with van der Waals surface area (Å²) in [5, 5.41) is 15.5. The van der Waals surface area contributed by atoms with E-state index in [1.54, 1.807) is 6.33 Å². The molecule has 1 aliphatic heterocycles. The van der Waals surface area contributed by atoms with Crippen LogP contribution in [0, 0.1) is 0 Å². The van der Waals surface area contributed by atoms with Gasteiger partial charge >= 0.3 is 0 Å². The third-order valence-electron chi connectivity index (χ3n) is 5.01. The van der Waals surface area contributed by atoms with Crippen molar-refractivity contribution < 1.29 is 4.79 Å². The monoisotopic (exact) mass is 350 g/mol. The number of aryl methyl sites for hydroxylation is 1.